The molecule has 0 amide bonds. The summed E-state index contributed by atoms with van der Waals surface area (Å²) in [5, 5.41) is 37.9. The standard InChI is InChI=1S/C23H40NO8.HNO2.H2O/c1-2-3-6-9-17(26)12-13-20-19(21(27)14-22(20)28)10-7-4-5-8-11-23(29)32-18(15-25)16-31-24-30;2-1-3;/h12-13,17-20,22,24-26,28H,2-11,14-16H2,1H3;1H;1H2/q+1;;/b13-12+;;/t17-,18?,19+,20+,22+;;/m0../s1. The molecule has 36 heavy (non-hydrogen) atoms. The molecule has 0 heterocycles. The van der Waals surface area contributed by atoms with E-state index in [9.17, 15) is 24.7 Å². The number of unbranched alkanes of at least 4 members (excludes halogenated alkanes) is 5. The fourth-order valence-corrected chi connectivity index (χ4v) is 4.03. The van der Waals surface area contributed by atoms with Crippen LogP contribution in [0.1, 0.15) is 77.6 Å². The highest BCUT2D eigenvalue weighted by Gasteiger charge is 2.39. The number of carbonyl (C=O) groups excluding carboxylic acids is 2. The summed E-state index contributed by atoms with van der Waals surface area (Å²) in [5.74, 6) is -0.870. The number of hydrogen-bond donors (Lipinski definition) is 6. The fourth-order valence-electron chi connectivity index (χ4n) is 4.03. The first kappa shape index (κ1) is 35.7. The molecule has 0 radical (unpaired) electrons. The average molecular weight is 524 g/mol. The van der Waals surface area contributed by atoms with Gasteiger partial charge in [-0.15, -0.1) is 0 Å². The predicted octanol–water partition coefficient (Wildman–Crippen LogP) is -0.881. The summed E-state index contributed by atoms with van der Waals surface area (Å²) < 4.78 is 5.01. The molecule has 0 aromatic rings. The molecule has 0 aromatic carbocycles. The third-order valence-corrected chi connectivity index (χ3v) is 5.87. The highest BCUT2D eigenvalue weighted by molar-refractivity contribution is 5.84. The van der Waals surface area contributed by atoms with Gasteiger partial charge in [-0.25, -0.2) is 10.0 Å². The maximum Gasteiger partial charge on any atom is 0.306 e. The molecule has 1 fully saturated rings. The zero-order chi connectivity index (χ0) is 26.5. The number of aliphatic hydroxyl groups is 3. The number of ketones is 1. The molecule has 0 saturated heterocycles. The second kappa shape index (κ2) is 23.0. The van der Waals surface area contributed by atoms with Gasteiger partial charge in [0, 0.05) is 24.7 Å². The van der Waals surface area contributed by atoms with E-state index in [1.807, 2.05) is 6.08 Å². The molecule has 0 aliphatic heterocycles. The molecule has 1 unspecified atom stereocenters. The largest absolute Gasteiger partial charge is 0.870 e. The van der Waals surface area contributed by atoms with Crippen LogP contribution in [0.2, 0.25) is 0 Å². The van der Waals surface area contributed by atoms with Gasteiger partial charge in [-0.05, 0) is 19.3 Å². The van der Waals surface area contributed by atoms with Gasteiger partial charge in [0.05, 0.1) is 28.6 Å². The van der Waals surface area contributed by atoms with Gasteiger partial charge in [0.15, 0.2) is 11.4 Å². The molecule has 0 bridgehead atoms. The number of carbonyl (C=O) groups is 2. The molecule has 210 valence electrons. The van der Waals surface area contributed by atoms with Gasteiger partial charge in [0.1, 0.15) is 5.78 Å². The molecule has 0 spiro atoms. The van der Waals surface area contributed by atoms with E-state index in [4.69, 9.17) is 20.0 Å². The van der Waals surface area contributed by atoms with Crippen LogP contribution < -0.4 is 10.7 Å². The van der Waals surface area contributed by atoms with Crippen LogP contribution in [0.15, 0.2) is 12.2 Å². The van der Waals surface area contributed by atoms with Gasteiger partial charge in [-0.2, -0.15) is 0 Å². The normalized spacial score (nSPS) is 20.6. The van der Waals surface area contributed by atoms with Crippen LogP contribution in [0.25, 0.3) is 0 Å². The van der Waals surface area contributed by atoms with E-state index in [2.05, 4.69) is 11.8 Å². The number of nitrogens with one attached hydrogen (secondary N) is 2. The van der Waals surface area contributed by atoms with E-state index in [-0.39, 0.29) is 42.5 Å². The molecule has 5 atom stereocenters. The Morgan fingerprint density at radius 3 is 2.44 bits per heavy atom. The van der Waals surface area contributed by atoms with Crippen molar-refractivity contribution < 1.29 is 55.8 Å². The van der Waals surface area contributed by atoms with E-state index in [0.717, 1.165) is 38.5 Å². The number of aliphatic hydroxyl groups excluding tert-OH is 3. The number of Topliss-reactive ketones (excluding diaryl/α,β-unsaturated/α-hetero) is 1. The first-order valence-corrected chi connectivity index (χ1v) is 12.2. The van der Waals surface area contributed by atoms with E-state index in [0.29, 0.717) is 24.6 Å². The summed E-state index contributed by atoms with van der Waals surface area (Å²) >= 11 is 0. The quantitative estimate of drug-likeness (QED) is 0.0559. The van der Waals surface area contributed by atoms with Crippen molar-refractivity contribution in [3.8, 4) is 0 Å². The zero-order valence-electron chi connectivity index (χ0n) is 20.9. The lowest BCUT2D eigenvalue weighted by Gasteiger charge is -2.18. The van der Waals surface area contributed by atoms with Crippen molar-refractivity contribution in [2.45, 2.75) is 95.9 Å². The Balaban J connectivity index is 0. The van der Waals surface area contributed by atoms with Crippen LogP contribution in [-0.2, 0) is 19.2 Å². The van der Waals surface area contributed by atoms with E-state index in [1.54, 1.807) is 6.08 Å². The van der Waals surface area contributed by atoms with Crippen molar-refractivity contribution in [2.75, 3.05) is 13.2 Å². The lowest BCUT2D eigenvalue weighted by atomic mass is 9.88. The summed E-state index contributed by atoms with van der Waals surface area (Å²) in [5.41, 5.74) is 0. The SMILES string of the molecule is CCCCC[C@H](O)/C=C/[C@H]1[C@H](O)CC(=O)[C@@H]1CCCCCCC(=O)OC(CO)CO[NH+]=O.O=[NH+]O.[OH-]. The highest BCUT2D eigenvalue weighted by atomic mass is 16.7. The summed E-state index contributed by atoms with van der Waals surface area (Å²) in [6.07, 6.45) is 9.33. The highest BCUT2D eigenvalue weighted by Crippen LogP contribution is 2.34. The minimum atomic E-state index is -0.876. The Kier molecular flexibility index (Phi) is 22.7. The van der Waals surface area contributed by atoms with Crippen LogP contribution >= 0.6 is 0 Å². The minimum Gasteiger partial charge on any atom is -0.870 e. The molecule has 7 N–H and O–H groups in total. The predicted molar refractivity (Wildman–Crippen MR) is 125 cm³/mol. The maximum atomic E-state index is 12.3. The first-order valence-electron chi connectivity index (χ1n) is 12.2. The number of ether oxygens (including phenoxy) is 1. The van der Waals surface area contributed by atoms with Crippen LogP contribution in [0.3, 0.4) is 0 Å². The molecule has 1 aliphatic rings. The summed E-state index contributed by atoms with van der Waals surface area (Å²) in [6, 6.07) is 0. The molecule has 1 rings (SSSR count). The Bertz CT molecular complexity index is 633. The van der Waals surface area contributed by atoms with Crippen molar-refractivity contribution >= 4 is 11.8 Å². The van der Waals surface area contributed by atoms with E-state index >= 15 is 0 Å². The molecular weight excluding hydrogens is 480 g/mol. The minimum absolute atomic E-state index is 0. The second-order valence-electron chi connectivity index (χ2n) is 8.60. The Morgan fingerprint density at radius 2 is 1.83 bits per heavy atom. The first-order chi connectivity index (χ1) is 16.8. The van der Waals surface area contributed by atoms with Crippen LogP contribution in [0.4, 0.5) is 0 Å². The molecule has 13 nitrogen and oxygen atoms in total. The maximum absolute atomic E-state index is 12.3. The molecule has 13 heteroatoms. The van der Waals surface area contributed by atoms with Gasteiger partial charge in [-0.3, -0.25) is 9.59 Å². The van der Waals surface area contributed by atoms with E-state index < -0.39 is 30.9 Å². The van der Waals surface area contributed by atoms with Gasteiger partial charge in [-0.1, -0.05) is 57.6 Å². The van der Waals surface area contributed by atoms with Crippen LogP contribution in [0, 0.1) is 21.6 Å². The lowest BCUT2D eigenvalue weighted by Crippen LogP contribution is -2.64. The van der Waals surface area contributed by atoms with Crippen molar-refractivity contribution in [1.29, 1.82) is 0 Å². The number of rotatable bonds is 18. The zero-order valence-corrected chi connectivity index (χ0v) is 20.9. The Labute approximate surface area is 211 Å². The monoisotopic (exact) mass is 523 g/mol. The lowest BCUT2D eigenvalue weighted by molar-refractivity contribution is -0.771. The van der Waals surface area contributed by atoms with Gasteiger partial charge < -0.3 is 25.5 Å². The third-order valence-electron chi connectivity index (χ3n) is 5.87. The molecular formula is C23H43N2O11+. The topological polar surface area (TPSA) is 226 Å². The van der Waals surface area contributed by atoms with Crippen LogP contribution in [-0.4, -0.2) is 69.3 Å². The van der Waals surface area contributed by atoms with Gasteiger partial charge in [0.25, 0.3) is 0 Å². The van der Waals surface area contributed by atoms with Crippen molar-refractivity contribution in [1.82, 2.24) is 0 Å². The molecule has 1 saturated carbocycles. The van der Waals surface area contributed by atoms with Gasteiger partial charge in [0.2, 0.25) is 11.9 Å². The van der Waals surface area contributed by atoms with E-state index in [1.165, 1.54) is 5.34 Å². The average Bonchev–Trinajstić information content (AvgIpc) is 3.10. The van der Waals surface area contributed by atoms with Crippen molar-refractivity contribution in [3.05, 3.63) is 22.0 Å². The third kappa shape index (κ3) is 16.2. The number of esters is 1. The van der Waals surface area contributed by atoms with Crippen molar-refractivity contribution in [3.63, 3.8) is 0 Å². The molecule has 1 aliphatic carbocycles. The van der Waals surface area contributed by atoms with Gasteiger partial charge >= 0.3 is 5.97 Å². The fraction of sp³-hybridized carbons (Fsp3) is 0.826. The summed E-state index contributed by atoms with van der Waals surface area (Å²) in [6.45, 7) is 1.45. The summed E-state index contributed by atoms with van der Waals surface area (Å²) in [4.78, 5) is 46.7. The van der Waals surface area contributed by atoms with Crippen LogP contribution in [0.5, 0.6) is 0 Å². The smallest absolute Gasteiger partial charge is 0.306 e. The molecule has 0 aromatic heterocycles. The Morgan fingerprint density at radius 1 is 1.17 bits per heavy atom. The van der Waals surface area contributed by atoms with Crippen molar-refractivity contribution in [2.24, 2.45) is 11.8 Å². The summed E-state index contributed by atoms with van der Waals surface area (Å²) in [7, 11) is 0. The number of hydrogen-bond acceptors (Lipinski definition) is 10. The Hall–Kier alpha value is -2.48. The second-order valence-corrected chi connectivity index (χ2v) is 8.60.